The SMILES string of the molecule is CO[C@@H](c1ccccc1)c1scnc1C. The number of ether oxygens (including phenoxy) is 1. The van der Waals surface area contributed by atoms with Crippen LogP contribution in [0.1, 0.15) is 22.2 Å². The first-order valence-corrected chi connectivity index (χ1v) is 5.68. The maximum Gasteiger partial charge on any atom is 0.118 e. The van der Waals surface area contributed by atoms with Crippen LogP contribution in [0.2, 0.25) is 0 Å². The van der Waals surface area contributed by atoms with Gasteiger partial charge in [0.05, 0.1) is 16.1 Å². The van der Waals surface area contributed by atoms with Gasteiger partial charge in [0, 0.05) is 7.11 Å². The minimum atomic E-state index is 0.0127. The molecule has 0 amide bonds. The van der Waals surface area contributed by atoms with Crippen molar-refractivity contribution < 1.29 is 4.74 Å². The normalized spacial score (nSPS) is 12.7. The molecule has 1 aromatic carbocycles. The van der Waals surface area contributed by atoms with Gasteiger partial charge in [0.2, 0.25) is 0 Å². The Bertz CT molecular complexity index is 424. The van der Waals surface area contributed by atoms with E-state index in [0.717, 1.165) is 5.69 Å². The summed E-state index contributed by atoms with van der Waals surface area (Å²) >= 11 is 1.64. The number of benzene rings is 1. The Hall–Kier alpha value is -1.19. The second kappa shape index (κ2) is 4.55. The Kier molecular flexibility index (Phi) is 3.14. The van der Waals surface area contributed by atoms with Gasteiger partial charge in [-0.2, -0.15) is 0 Å². The van der Waals surface area contributed by atoms with E-state index in [4.69, 9.17) is 4.74 Å². The summed E-state index contributed by atoms with van der Waals surface area (Å²) in [6, 6.07) is 10.2. The summed E-state index contributed by atoms with van der Waals surface area (Å²) in [7, 11) is 1.73. The second-order valence-corrected chi connectivity index (χ2v) is 4.21. The van der Waals surface area contributed by atoms with Gasteiger partial charge in [0.15, 0.2) is 0 Å². The largest absolute Gasteiger partial charge is 0.371 e. The van der Waals surface area contributed by atoms with E-state index in [-0.39, 0.29) is 6.10 Å². The van der Waals surface area contributed by atoms with E-state index in [2.05, 4.69) is 17.1 Å². The molecule has 0 fully saturated rings. The van der Waals surface area contributed by atoms with Gasteiger partial charge >= 0.3 is 0 Å². The quantitative estimate of drug-likeness (QED) is 0.791. The fraction of sp³-hybridized carbons (Fsp3) is 0.250. The molecule has 0 N–H and O–H groups in total. The lowest BCUT2D eigenvalue weighted by Crippen LogP contribution is -2.02. The molecule has 2 rings (SSSR count). The van der Waals surface area contributed by atoms with Crippen molar-refractivity contribution in [1.82, 2.24) is 4.98 Å². The van der Waals surface area contributed by atoms with Crippen molar-refractivity contribution in [3.63, 3.8) is 0 Å². The summed E-state index contributed by atoms with van der Waals surface area (Å²) in [5.74, 6) is 0. The summed E-state index contributed by atoms with van der Waals surface area (Å²) < 4.78 is 5.53. The van der Waals surface area contributed by atoms with Crippen LogP contribution in [0.25, 0.3) is 0 Å². The van der Waals surface area contributed by atoms with E-state index < -0.39 is 0 Å². The first-order valence-electron chi connectivity index (χ1n) is 4.80. The third-order valence-electron chi connectivity index (χ3n) is 2.36. The van der Waals surface area contributed by atoms with Crippen molar-refractivity contribution in [3.8, 4) is 0 Å². The van der Waals surface area contributed by atoms with Gasteiger partial charge in [0.25, 0.3) is 0 Å². The van der Waals surface area contributed by atoms with Gasteiger partial charge in [-0.05, 0) is 12.5 Å². The number of hydrogen-bond donors (Lipinski definition) is 0. The van der Waals surface area contributed by atoms with Gasteiger partial charge in [-0.15, -0.1) is 11.3 Å². The third kappa shape index (κ3) is 2.08. The van der Waals surface area contributed by atoms with Gasteiger partial charge in [0.1, 0.15) is 6.10 Å². The molecule has 2 aromatic rings. The van der Waals surface area contributed by atoms with Crippen molar-refractivity contribution in [1.29, 1.82) is 0 Å². The summed E-state index contributed by atoms with van der Waals surface area (Å²) in [4.78, 5) is 5.43. The van der Waals surface area contributed by atoms with E-state index in [1.807, 2.05) is 30.6 Å². The van der Waals surface area contributed by atoms with Crippen LogP contribution in [-0.2, 0) is 4.74 Å². The van der Waals surface area contributed by atoms with Crippen LogP contribution in [0.3, 0.4) is 0 Å². The molecule has 0 spiro atoms. The van der Waals surface area contributed by atoms with E-state index in [0.29, 0.717) is 0 Å². The van der Waals surface area contributed by atoms with E-state index >= 15 is 0 Å². The highest BCUT2D eigenvalue weighted by Crippen LogP contribution is 2.30. The van der Waals surface area contributed by atoms with Crippen molar-refractivity contribution in [3.05, 3.63) is 52.0 Å². The van der Waals surface area contributed by atoms with E-state index in [1.165, 1.54) is 10.4 Å². The molecule has 0 aliphatic carbocycles. The van der Waals surface area contributed by atoms with Gasteiger partial charge in [-0.25, -0.2) is 4.98 Å². The summed E-state index contributed by atoms with van der Waals surface area (Å²) in [6.45, 7) is 2.01. The Morgan fingerprint density at radius 3 is 2.53 bits per heavy atom. The molecule has 0 aliphatic heterocycles. The van der Waals surface area contributed by atoms with Crippen molar-refractivity contribution in [2.75, 3.05) is 7.11 Å². The smallest absolute Gasteiger partial charge is 0.118 e. The Balaban J connectivity index is 2.37. The third-order valence-corrected chi connectivity index (χ3v) is 3.33. The molecular weight excluding hydrogens is 206 g/mol. The Labute approximate surface area is 93.6 Å². The van der Waals surface area contributed by atoms with Crippen LogP contribution in [0.4, 0.5) is 0 Å². The highest BCUT2D eigenvalue weighted by Gasteiger charge is 2.16. The minimum Gasteiger partial charge on any atom is -0.371 e. The number of aromatic nitrogens is 1. The van der Waals surface area contributed by atoms with Crippen LogP contribution in [0, 0.1) is 6.92 Å². The first kappa shape index (κ1) is 10.3. The lowest BCUT2D eigenvalue weighted by molar-refractivity contribution is 0.138. The average molecular weight is 219 g/mol. The van der Waals surface area contributed by atoms with Crippen molar-refractivity contribution in [2.45, 2.75) is 13.0 Å². The monoisotopic (exact) mass is 219 g/mol. The molecular formula is C12H13NOS. The van der Waals surface area contributed by atoms with Crippen LogP contribution in [0.5, 0.6) is 0 Å². The zero-order valence-corrected chi connectivity index (χ0v) is 9.62. The zero-order chi connectivity index (χ0) is 10.7. The van der Waals surface area contributed by atoms with Crippen LogP contribution < -0.4 is 0 Å². The van der Waals surface area contributed by atoms with E-state index in [9.17, 15) is 0 Å². The van der Waals surface area contributed by atoms with Gasteiger partial charge in [-0.3, -0.25) is 0 Å². The molecule has 78 valence electrons. The van der Waals surface area contributed by atoms with Crippen molar-refractivity contribution >= 4 is 11.3 Å². The molecule has 0 unspecified atom stereocenters. The molecule has 1 heterocycles. The molecule has 3 heteroatoms. The highest BCUT2D eigenvalue weighted by atomic mass is 32.1. The maximum atomic E-state index is 5.53. The minimum absolute atomic E-state index is 0.0127. The molecule has 0 bridgehead atoms. The lowest BCUT2D eigenvalue weighted by Gasteiger charge is -2.14. The van der Waals surface area contributed by atoms with Crippen LogP contribution in [-0.4, -0.2) is 12.1 Å². The Morgan fingerprint density at radius 2 is 2.00 bits per heavy atom. The number of thiazole rings is 1. The Morgan fingerprint density at radius 1 is 1.27 bits per heavy atom. The summed E-state index contributed by atoms with van der Waals surface area (Å²) in [5, 5.41) is 0. The number of rotatable bonds is 3. The molecule has 1 aromatic heterocycles. The number of nitrogens with zero attached hydrogens (tertiary/aromatic N) is 1. The summed E-state index contributed by atoms with van der Waals surface area (Å²) in [5.41, 5.74) is 4.09. The predicted octanol–water partition coefficient (Wildman–Crippen LogP) is 3.19. The average Bonchev–Trinajstić information content (AvgIpc) is 2.68. The predicted molar refractivity (Wildman–Crippen MR) is 62.1 cm³/mol. The van der Waals surface area contributed by atoms with Crippen molar-refractivity contribution in [2.24, 2.45) is 0 Å². The molecule has 0 aliphatic rings. The highest BCUT2D eigenvalue weighted by molar-refractivity contribution is 7.09. The number of methoxy groups -OCH3 is 1. The van der Waals surface area contributed by atoms with Gasteiger partial charge in [-0.1, -0.05) is 30.3 Å². The number of hydrogen-bond acceptors (Lipinski definition) is 3. The van der Waals surface area contributed by atoms with Crippen LogP contribution >= 0.6 is 11.3 Å². The summed E-state index contributed by atoms with van der Waals surface area (Å²) in [6.07, 6.45) is 0.0127. The first-order chi connectivity index (χ1) is 7.33. The second-order valence-electron chi connectivity index (χ2n) is 3.33. The fourth-order valence-electron chi connectivity index (χ4n) is 1.58. The van der Waals surface area contributed by atoms with E-state index in [1.54, 1.807) is 18.4 Å². The van der Waals surface area contributed by atoms with Gasteiger partial charge < -0.3 is 4.74 Å². The van der Waals surface area contributed by atoms with Crippen LogP contribution in [0.15, 0.2) is 35.8 Å². The zero-order valence-electron chi connectivity index (χ0n) is 8.81. The topological polar surface area (TPSA) is 22.1 Å². The number of aryl methyl sites for hydroxylation is 1. The molecule has 0 saturated carbocycles. The molecule has 15 heavy (non-hydrogen) atoms. The molecule has 1 atom stereocenters. The molecule has 0 radical (unpaired) electrons. The maximum absolute atomic E-state index is 5.53. The lowest BCUT2D eigenvalue weighted by atomic mass is 10.1. The standard InChI is InChI=1S/C12H13NOS/c1-9-12(15-8-13-9)11(14-2)10-6-4-3-5-7-10/h3-8,11H,1-2H3/t11-/m0/s1. The molecule has 2 nitrogen and oxygen atoms in total. The molecule has 0 saturated heterocycles. The fourth-order valence-corrected chi connectivity index (χ4v) is 2.49.